The highest BCUT2D eigenvalue weighted by molar-refractivity contribution is 5.62. The van der Waals surface area contributed by atoms with Gasteiger partial charge in [0.15, 0.2) is 0 Å². The topological polar surface area (TPSA) is 82.3 Å². The zero-order valence-electron chi connectivity index (χ0n) is 17.0. The largest absolute Gasteiger partial charge is 0.391 e. The number of para-hydroxylation sites is 1. The van der Waals surface area contributed by atoms with Crippen LogP contribution in [-0.4, -0.2) is 69.1 Å². The first-order valence-electron chi connectivity index (χ1n) is 9.80. The molecule has 1 fully saturated rings. The second kappa shape index (κ2) is 8.18. The van der Waals surface area contributed by atoms with Crippen molar-refractivity contribution in [3.05, 3.63) is 54.6 Å². The van der Waals surface area contributed by atoms with Crippen LogP contribution in [0.15, 0.2) is 48.9 Å². The highest BCUT2D eigenvalue weighted by Gasteiger charge is 2.32. The monoisotopic (exact) mass is 393 g/mol. The smallest absolute Gasteiger partial charge is 0.135 e. The van der Waals surface area contributed by atoms with Crippen molar-refractivity contribution in [3.63, 3.8) is 0 Å². The van der Waals surface area contributed by atoms with Gasteiger partial charge in [-0.3, -0.25) is 0 Å². The Morgan fingerprint density at radius 3 is 2.76 bits per heavy atom. The van der Waals surface area contributed by atoms with Crippen molar-refractivity contribution in [2.24, 2.45) is 0 Å². The number of aliphatic hydroxyl groups excluding tert-OH is 1. The summed E-state index contributed by atoms with van der Waals surface area (Å²) < 4.78 is 1.90. The normalized spacial score (nSPS) is 19.1. The number of rotatable bonds is 6. The van der Waals surface area contributed by atoms with Gasteiger partial charge in [-0.25, -0.2) is 14.6 Å². The van der Waals surface area contributed by atoms with Crippen molar-refractivity contribution in [3.8, 4) is 5.69 Å². The molecule has 2 N–H and O–H groups in total. The maximum Gasteiger partial charge on any atom is 0.135 e. The molecule has 1 aliphatic rings. The standard InChI is InChI=1S/C21H27N7O/c1-15-19(11-24-28(15)16-7-5-4-6-8-16)25-20-10-21(23-14-22-20)27-13-18(29)9-17(27)12-26(2)3/h4-8,10-11,14,17-18,29H,9,12-13H2,1-3H3,(H,22,23,25)/t17-,18-/m1/s1. The van der Waals surface area contributed by atoms with E-state index in [1.807, 2.05) is 62.1 Å². The van der Waals surface area contributed by atoms with Crippen LogP contribution in [-0.2, 0) is 0 Å². The van der Waals surface area contributed by atoms with Crippen molar-refractivity contribution >= 4 is 17.3 Å². The van der Waals surface area contributed by atoms with Gasteiger partial charge >= 0.3 is 0 Å². The van der Waals surface area contributed by atoms with Crippen molar-refractivity contribution in [2.75, 3.05) is 37.4 Å². The third-order valence-electron chi connectivity index (χ3n) is 5.19. The molecule has 0 radical (unpaired) electrons. The van der Waals surface area contributed by atoms with Gasteiger partial charge < -0.3 is 20.2 Å². The number of nitrogens with zero attached hydrogens (tertiary/aromatic N) is 6. The zero-order chi connectivity index (χ0) is 20.4. The minimum Gasteiger partial charge on any atom is -0.391 e. The molecule has 3 aromatic rings. The molecule has 152 valence electrons. The Morgan fingerprint density at radius 2 is 2.00 bits per heavy atom. The van der Waals surface area contributed by atoms with Crippen LogP contribution in [0, 0.1) is 6.92 Å². The Hall–Kier alpha value is -2.97. The molecule has 1 aliphatic heterocycles. The van der Waals surface area contributed by atoms with E-state index in [1.54, 1.807) is 12.5 Å². The molecule has 2 atom stereocenters. The summed E-state index contributed by atoms with van der Waals surface area (Å²) in [5.74, 6) is 1.52. The number of likely N-dealkylation sites (N-methyl/N-ethyl adjacent to an activating group) is 1. The summed E-state index contributed by atoms with van der Waals surface area (Å²) >= 11 is 0. The van der Waals surface area contributed by atoms with Crippen molar-refractivity contribution in [2.45, 2.75) is 25.5 Å². The number of anilines is 3. The summed E-state index contributed by atoms with van der Waals surface area (Å²) in [6.45, 7) is 3.47. The summed E-state index contributed by atoms with van der Waals surface area (Å²) in [4.78, 5) is 13.1. The maximum atomic E-state index is 10.2. The lowest BCUT2D eigenvalue weighted by Gasteiger charge is -2.27. The average molecular weight is 393 g/mol. The number of β-amino-alcohol motifs (C(OH)–C–C–N with tert-alkyl or cyclic N) is 1. The summed E-state index contributed by atoms with van der Waals surface area (Å²) in [6.07, 6.45) is 3.77. The van der Waals surface area contributed by atoms with E-state index in [9.17, 15) is 5.11 Å². The van der Waals surface area contributed by atoms with E-state index in [0.29, 0.717) is 12.4 Å². The molecule has 0 aliphatic carbocycles. The first-order valence-corrected chi connectivity index (χ1v) is 9.80. The van der Waals surface area contributed by atoms with Gasteiger partial charge in [-0.05, 0) is 39.6 Å². The van der Waals surface area contributed by atoms with Crippen LogP contribution in [0.3, 0.4) is 0 Å². The zero-order valence-corrected chi connectivity index (χ0v) is 17.0. The van der Waals surface area contributed by atoms with Crippen LogP contribution in [0.1, 0.15) is 12.1 Å². The van der Waals surface area contributed by atoms with Gasteiger partial charge in [-0.15, -0.1) is 0 Å². The number of aliphatic hydroxyl groups is 1. The highest BCUT2D eigenvalue weighted by Crippen LogP contribution is 2.27. The lowest BCUT2D eigenvalue weighted by Crippen LogP contribution is -2.38. The van der Waals surface area contributed by atoms with Gasteiger partial charge in [-0.1, -0.05) is 18.2 Å². The third-order valence-corrected chi connectivity index (χ3v) is 5.19. The molecule has 4 rings (SSSR count). The summed E-state index contributed by atoms with van der Waals surface area (Å²) in [5.41, 5.74) is 2.90. The van der Waals surface area contributed by atoms with E-state index in [-0.39, 0.29) is 12.1 Å². The Labute approximate surface area is 170 Å². The lowest BCUT2D eigenvalue weighted by atomic mass is 10.2. The van der Waals surface area contributed by atoms with E-state index < -0.39 is 0 Å². The molecular formula is C21H27N7O. The van der Waals surface area contributed by atoms with E-state index in [0.717, 1.165) is 35.9 Å². The molecule has 2 aromatic heterocycles. The molecule has 1 aromatic carbocycles. The molecular weight excluding hydrogens is 366 g/mol. The van der Waals surface area contributed by atoms with Gasteiger partial charge in [-0.2, -0.15) is 5.10 Å². The predicted molar refractivity (Wildman–Crippen MR) is 114 cm³/mol. The quantitative estimate of drug-likeness (QED) is 0.664. The third kappa shape index (κ3) is 4.23. The number of aromatic nitrogens is 4. The Balaban J connectivity index is 1.55. The lowest BCUT2D eigenvalue weighted by molar-refractivity contribution is 0.191. The molecule has 8 heteroatoms. The van der Waals surface area contributed by atoms with Crippen LogP contribution in [0.5, 0.6) is 0 Å². The van der Waals surface area contributed by atoms with Crippen LogP contribution in [0.4, 0.5) is 17.3 Å². The van der Waals surface area contributed by atoms with Gasteiger partial charge in [0.25, 0.3) is 0 Å². The Kier molecular flexibility index (Phi) is 5.46. The molecule has 8 nitrogen and oxygen atoms in total. The molecule has 0 unspecified atom stereocenters. The van der Waals surface area contributed by atoms with Crippen molar-refractivity contribution < 1.29 is 5.11 Å². The molecule has 0 spiro atoms. The number of benzene rings is 1. The van der Waals surface area contributed by atoms with E-state index in [4.69, 9.17) is 0 Å². The molecule has 0 amide bonds. The van der Waals surface area contributed by atoms with E-state index in [2.05, 4.69) is 30.2 Å². The molecule has 0 bridgehead atoms. The minimum atomic E-state index is -0.335. The van der Waals surface area contributed by atoms with Crippen LogP contribution in [0.2, 0.25) is 0 Å². The van der Waals surface area contributed by atoms with Gasteiger partial charge in [0.05, 0.1) is 29.4 Å². The number of hydrogen-bond donors (Lipinski definition) is 2. The maximum absolute atomic E-state index is 10.2. The van der Waals surface area contributed by atoms with Crippen LogP contribution < -0.4 is 10.2 Å². The SMILES string of the molecule is Cc1c(Nc2cc(N3C[C@H](O)C[C@@H]3CN(C)C)ncn2)cnn1-c1ccccc1. The summed E-state index contributed by atoms with van der Waals surface area (Å²) in [7, 11) is 4.09. The first kappa shape index (κ1) is 19.4. The van der Waals surface area contributed by atoms with Crippen LogP contribution in [0.25, 0.3) is 5.69 Å². The van der Waals surface area contributed by atoms with E-state index >= 15 is 0 Å². The van der Waals surface area contributed by atoms with E-state index in [1.165, 1.54) is 0 Å². The Bertz CT molecular complexity index is 957. The molecule has 29 heavy (non-hydrogen) atoms. The number of hydrogen-bond acceptors (Lipinski definition) is 7. The second-order valence-electron chi connectivity index (χ2n) is 7.74. The number of nitrogens with one attached hydrogen (secondary N) is 1. The second-order valence-corrected chi connectivity index (χ2v) is 7.74. The average Bonchev–Trinajstić information content (AvgIpc) is 3.25. The fourth-order valence-electron chi connectivity index (χ4n) is 3.84. The fraction of sp³-hybridized carbons (Fsp3) is 0.381. The van der Waals surface area contributed by atoms with Gasteiger partial charge in [0, 0.05) is 25.2 Å². The summed E-state index contributed by atoms with van der Waals surface area (Å²) in [6, 6.07) is 12.2. The molecule has 1 saturated heterocycles. The summed E-state index contributed by atoms with van der Waals surface area (Å²) in [5, 5.41) is 18.0. The van der Waals surface area contributed by atoms with Crippen molar-refractivity contribution in [1.29, 1.82) is 0 Å². The molecule has 3 heterocycles. The van der Waals surface area contributed by atoms with Crippen LogP contribution >= 0.6 is 0 Å². The van der Waals surface area contributed by atoms with Gasteiger partial charge in [0.2, 0.25) is 0 Å². The predicted octanol–water partition coefficient (Wildman–Crippen LogP) is 2.22. The molecule has 0 saturated carbocycles. The fourth-order valence-corrected chi connectivity index (χ4v) is 3.84. The first-order chi connectivity index (χ1) is 14.0. The van der Waals surface area contributed by atoms with Gasteiger partial charge in [0.1, 0.15) is 18.0 Å². The minimum absolute atomic E-state index is 0.227. The Morgan fingerprint density at radius 1 is 1.21 bits per heavy atom. The highest BCUT2D eigenvalue weighted by atomic mass is 16.3. The van der Waals surface area contributed by atoms with Crippen molar-refractivity contribution in [1.82, 2.24) is 24.6 Å².